The molecule has 0 aliphatic carbocycles. The van der Waals surface area contributed by atoms with E-state index in [-0.39, 0.29) is 0 Å². The molecule has 0 aromatic carbocycles. The van der Waals surface area contributed by atoms with Gasteiger partial charge >= 0.3 is 0 Å². The maximum absolute atomic E-state index is 5.56. The van der Waals surface area contributed by atoms with E-state index in [1.54, 1.807) is 5.92 Å². The summed E-state index contributed by atoms with van der Waals surface area (Å²) in [5, 5.41) is 0. The van der Waals surface area contributed by atoms with Gasteiger partial charge in [-0.05, 0) is 18.8 Å². The van der Waals surface area contributed by atoms with Gasteiger partial charge in [-0.2, -0.15) is 0 Å². The van der Waals surface area contributed by atoms with E-state index in [4.69, 9.17) is 11.6 Å². The molecule has 0 N–H and O–H groups in total. The minimum Gasteiger partial charge on any atom is -0.127 e. The van der Waals surface area contributed by atoms with Gasteiger partial charge in [0.05, 0.1) is 0 Å². The van der Waals surface area contributed by atoms with Gasteiger partial charge in [-0.15, -0.1) is 11.6 Å². The van der Waals surface area contributed by atoms with Crippen LogP contribution in [-0.4, -0.2) is 5.88 Å². The van der Waals surface area contributed by atoms with E-state index >= 15 is 0 Å². The lowest BCUT2D eigenvalue weighted by molar-refractivity contribution is 0.615. The van der Waals surface area contributed by atoms with Crippen LogP contribution in [0.15, 0.2) is 0 Å². The molecular weight excluding hydrogens is 156 g/mol. The van der Waals surface area contributed by atoms with Gasteiger partial charge < -0.3 is 0 Å². The summed E-state index contributed by atoms with van der Waals surface area (Å²) in [6, 6.07) is 0. The molecule has 0 heterocycles. The topological polar surface area (TPSA) is 0 Å². The Kier molecular flexibility index (Phi) is 8.61. The van der Waals surface area contributed by atoms with Crippen molar-refractivity contribution < 1.29 is 0 Å². The van der Waals surface area contributed by atoms with Crippen molar-refractivity contribution in [2.75, 3.05) is 5.88 Å². The van der Waals surface area contributed by atoms with E-state index in [1.807, 2.05) is 0 Å². The number of alkyl halides is 1. The predicted molar refractivity (Wildman–Crippen MR) is 53.0 cm³/mol. The Morgan fingerprint density at radius 1 is 0.909 bits per heavy atom. The van der Waals surface area contributed by atoms with Gasteiger partial charge in [0.2, 0.25) is 0 Å². The van der Waals surface area contributed by atoms with E-state index in [0.29, 0.717) is 0 Å². The molecule has 0 fully saturated rings. The first-order valence-corrected chi connectivity index (χ1v) is 5.16. The molecule has 0 aliphatic rings. The van der Waals surface area contributed by atoms with Crippen LogP contribution in [0, 0.1) is 5.92 Å². The molecule has 0 amide bonds. The monoisotopic (exact) mass is 175 g/mol. The Balaban J connectivity index is 2.80. The fourth-order valence-electron chi connectivity index (χ4n) is 1.10. The van der Waals surface area contributed by atoms with Crippen LogP contribution in [0.3, 0.4) is 0 Å². The van der Waals surface area contributed by atoms with Crippen molar-refractivity contribution in [3.63, 3.8) is 0 Å². The zero-order chi connectivity index (χ0) is 8.53. The van der Waals surface area contributed by atoms with Gasteiger partial charge in [-0.1, -0.05) is 39.5 Å². The summed E-state index contributed by atoms with van der Waals surface area (Å²) in [4.78, 5) is 0. The van der Waals surface area contributed by atoms with Crippen molar-refractivity contribution in [2.45, 2.75) is 52.4 Å². The van der Waals surface area contributed by atoms with Gasteiger partial charge in [0.25, 0.3) is 0 Å². The summed E-state index contributed by atoms with van der Waals surface area (Å²) < 4.78 is 0. The third-order valence-electron chi connectivity index (χ3n) is 1.81. The molecule has 0 saturated heterocycles. The van der Waals surface area contributed by atoms with Gasteiger partial charge in [0.1, 0.15) is 0 Å². The highest BCUT2D eigenvalue weighted by atomic mass is 35.5. The van der Waals surface area contributed by atoms with E-state index < -0.39 is 0 Å². The molecule has 0 aromatic heterocycles. The third-order valence-corrected chi connectivity index (χ3v) is 2.08. The Labute approximate surface area is 76.3 Å². The van der Waals surface area contributed by atoms with E-state index in [0.717, 1.165) is 5.88 Å². The van der Waals surface area contributed by atoms with Crippen LogP contribution in [-0.2, 0) is 0 Å². The first-order chi connectivity index (χ1) is 5.27. The molecule has 1 radical (unpaired) electrons. The highest BCUT2D eigenvalue weighted by molar-refractivity contribution is 6.17. The minimum atomic E-state index is 0.832. The molecule has 0 aliphatic heterocycles. The molecule has 11 heavy (non-hydrogen) atoms. The predicted octanol–water partition coefficient (Wildman–Crippen LogP) is 4.18. The smallest absolute Gasteiger partial charge is 0.0223 e. The SMILES string of the molecule is C[C](C)CCCCCCCCl. The Morgan fingerprint density at radius 2 is 1.45 bits per heavy atom. The van der Waals surface area contributed by atoms with Gasteiger partial charge in [0, 0.05) is 5.88 Å². The van der Waals surface area contributed by atoms with Gasteiger partial charge in [0.15, 0.2) is 0 Å². The Hall–Kier alpha value is 0.290. The van der Waals surface area contributed by atoms with Crippen molar-refractivity contribution >= 4 is 11.6 Å². The maximum atomic E-state index is 5.56. The van der Waals surface area contributed by atoms with Crippen molar-refractivity contribution in [1.82, 2.24) is 0 Å². The van der Waals surface area contributed by atoms with Crippen molar-refractivity contribution in [1.29, 1.82) is 0 Å². The molecule has 0 spiro atoms. The number of hydrogen-bond donors (Lipinski definition) is 0. The molecule has 0 aromatic rings. The fraction of sp³-hybridized carbons (Fsp3) is 0.900. The van der Waals surface area contributed by atoms with Crippen LogP contribution >= 0.6 is 11.6 Å². The van der Waals surface area contributed by atoms with Crippen LogP contribution in [0.25, 0.3) is 0 Å². The Morgan fingerprint density at radius 3 is 2.00 bits per heavy atom. The zero-order valence-electron chi connectivity index (χ0n) is 7.83. The van der Waals surface area contributed by atoms with Crippen molar-refractivity contribution in [3.05, 3.63) is 5.92 Å². The molecule has 0 rings (SSSR count). The van der Waals surface area contributed by atoms with Gasteiger partial charge in [-0.3, -0.25) is 0 Å². The van der Waals surface area contributed by atoms with Crippen LogP contribution in [0.5, 0.6) is 0 Å². The standard InChI is InChI=1S/C10H20Cl/c1-10(2)8-6-4-3-5-7-9-11/h3-9H2,1-2H3. The molecule has 0 unspecified atom stereocenters. The summed E-state index contributed by atoms with van der Waals surface area (Å²) >= 11 is 5.56. The average molecular weight is 176 g/mol. The normalized spacial score (nSPS) is 10.9. The number of rotatable bonds is 7. The Bertz CT molecular complexity index is 69.3. The zero-order valence-corrected chi connectivity index (χ0v) is 8.58. The third kappa shape index (κ3) is 10.3. The van der Waals surface area contributed by atoms with E-state index in [1.165, 1.54) is 38.5 Å². The second-order valence-electron chi connectivity index (χ2n) is 3.41. The molecule has 0 nitrogen and oxygen atoms in total. The van der Waals surface area contributed by atoms with Crippen molar-refractivity contribution in [2.24, 2.45) is 0 Å². The van der Waals surface area contributed by atoms with E-state index in [2.05, 4.69) is 13.8 Å². The number of hydrogen-bond acceptors (Lipinski definition) is 0. The fourth-order valence-corrected chi connectivity index (χ4v) is 1.29. The van der Waals surface area contributed by atoms with Crippen LogP contribution < -0.4 is 0 Å². The molecule has 0 atom stereocenters. The lowest BCUT2D eigenvalue weighted by atomic mass is 10.0. The molecule has 67 valence electrons. The average Bonchev–Trinajstić information content (AvgIpc) is 1.96. The molecule has 1 heteroatoms. The largest absolute Gasteiger partial charge is 0.127 e. The summed E-state index contributed by atoms with van der Waals surface area (Å²) in [6.45, 7) is 4.41. The summed E-state index contributed by atoms with van der Waals surface area (Å²) in [7, 11) is 0. The second-order valence-corrected chi connectivity index (χ2v) is 3.79. The van der Waals surface area contributed by atoms with Crippen LogP contribution in [0.4, 0.5) is 0 Å². The number of halogens is 1. The summed E-state index contributed by atoms with van der Waals surface area (Å²) in [6.07, 6.45) is 7.91. The lowest BCUT2D eigenvalue weighted by Crippen LogP contribution is -1.85. The minimum absolute atomic E-state index is 0.832. The summed E-state index contributed by atoms with van der Waals surface area (Å²) in [5.74, 6) is 2.39. The van der Waals surface area contributed by atoms with Crippen LogP contribution in [0.2, 0.25) is 0 Å². The maximum Gasteiger partial charge on any atom is 0.0223 e. The first kappa shape index (κ1) is 11.3. The first-order valence-electron chi connectivity index (χ1n) is 4.62. The highest BCUT2D eigenvalue weighted by Crippen LogP contribution is 2.11. The lowest BCUT2D eigenvalue weighted by Gasteiger charge is -2.02. The molecule has 0 bridgehead atoms. The second kappa shape index (κ2) is 8.39. The van der Waals surface area contributed by atoms with Gasteiger partial charge in [-0.25, -0.2) is 0 Å². The van der Waals surface area contributed by atoms with Crippen LogP contribution in [0.1, 0.15) is 52.4 Å². The quantitative estimate of drug-likeness (QED) is 0.402. The van der Waals surface area contributed by atoms with E-state index in [9.17, 15) is 0 Å². The van der Waals surface area contributed by atoms with Crippen molar-refractivity contribution in [3.8, 4) is 0 Å². The molecular formula is C10H20Cl. The number of unbranched alkanes of at least 4 members (excludes halogenated alkanes) is 4. The molecule has 0 saturated carbocycles. The highest BCUT2D eigenvalue weighted by Gasteiger charge is 1.94. The summed E-state index contributed by atoms with van der Waals surface area (Å²) in [5.41, 5.74) is 0.